The predicted molar refractivity (Wildman–Crippen MR) is 76.2 cm³/mol. The van der Waals surface area contributed by atoms with Gasteiger partial charge in [0, 0.05) is 12.0 Å². The summed E-state index contributed by atoms with van der Waals surface area (Å²) in [7, 11) is 1.62. The number of hydrogen-bond acceptors (Lipinski definition) is 3. The number of carboxylic acids is 1. The molecule has 0 saturated carbocycles. The molecular formula is C16H22O4. The van der Waals surface area contributed by atoms with Crippen LogP contribution in [0.4, 0.5) is 0 Å². The van der Waals surface area contributed by atoms with Crippen molar-refractivity contribution in [2.24, 2.45) is 0 Å². The maximum absolute atomic E-state index is 11.3. The zero-order valence-electron chi connectivity index (χ0n) is 12.3. The van der Waals surface area contributed by atoms with Gasteiger partial charge in [-0.15, -0.1) is 0 Å². The van der Waals surface area contributed by atoms with E-state index in [1.807, 2.05) is 38.1 Å². The van der Waals surface area contributed by atoms with Gasteiger partial charge in [0.05, 0.1) is 19.1 Å². The average molecular weight is 278 g/mol. The van der Waals surface area contributed by atoms with Crippen molar-refractivity contribution < 1.29 is 19.4 Å². The minimum absolute atomic E-state index is 0.131. The Labute approximate surface area is 119 Å². The highest BCUT2D eigenvalue weighted by Gasteiger charge is 2.43. The fourth-order valence-electron chi connectivity index (χ4n) is 3.21. The molecule has 0 amide bonds. The molecule has 1 aromatic rings. The minimum atomic E-state index is -0.765. The lowest BCUT2D eigenvalue weighted by molar-refractivity contribution is -0.142. The second kappa shape index (κ2) is 5.44. The molecule has 110 valence electrons. The largest absolute Gasteiger partial charge is 0.497 e. The van der Waals surface area contributed by atoms with Crippen LogP contribution in [-0.4, -0.2) is 30.4 Å². The van der Waals surface area contributed by atoms with E-state index < -0.39 is 5.97 Å². The first-order chi connectivity index (χ1) is 9.37. The van der Waals surface area contributed by atoms with Crippen LogP contribution in [-0.2, 0) is 14.9 Å². The van der Waals surface area contributed by atoms with Gasteiger partial charge in [-0.2, -0.15) is 0 Å². The summed E-state index contributed by atoms with van der Waals surface area (Å²) < 4.78 is 10.9. The lowest BCUT2D eigenvalue weighted by atomic mass is 9.67. The maximum Gasteiger partial charge on any atom is 0.304 e. The maximum atomic E-state index is 11.3. The van der Waals surface area contributed by atoms with Crippen LogP contribution in [0, 0.1) is 0 Å². The first kappa shape index (κ1) is 14.9. The summed E-state index contributed by atoms with van der Waals surface area (Å²) in [6.45, 7) is 4.63. The Morgan fingerprint density at radius 1 is 1.35 bits per heavy atom. The van der Waals surface area contributed by atoms with Crippen LogP contribution < -0.4 is 4.74 Å². The van der Waals surface area contributed by atoms with Crippen molar-refractivity contribution in [2.45, 2.75) is 44.1 Å². The number of carboxylic acid groups (broad SMARTS) is 1. The number of methoxy groups -OCH3 is 1. The topological polar surface area (TPSA) is 55.8 Å². The van der Waals surface area contributed by atoms with Crippen molar-refractivity contribution in [3.63, 3.8) is 0 Å². The molecule has 1 saturated heterocycles. The molecule has 0 radical (unpaired) electrons. The first-order valence-electron chi connectivity index (χ1n) is 6.87. The highest BCUT2D eigenvalue weighted by Crippen LogP contribution is 2.44. The van der Waals surface area contributed by atoms with Crippen molar-refractivity contribution in [2.75, 3.05) is 13.7 Å². The van der Waals surface area contributed by atoms with E-state index in [1.165, 1.54) is 0 Å². The molecule has 1 aliphatic heterocycles. The van der Waals surface area contributed by atoms with Gasteiger partial charge in [0.2, 0.25) is 0 Å². The first-order valence-corrected chi connectivity index (χ1v) is 6.87. The summed E-state index contributed by atoms with van der Waals surface area (Å²) in [6, 6.07) is 7.73. The molecule has 0 spiro atoms. The van der Waals surface area contributed by atoms with Crippen LogP contribution in [0.15, 0.2) is 24.3 Å². The van der Waals surface area contributed by atoms with Crippen LogP contribution in [0.1, 0.15) is 38.7 Å². The molecule has 0 bridgehead atoms. The second-order valence-electron chi connectivity index (χ2n) is 6.11. The number of carbonyl (C=O) groups is 1. The Morgan fingerprint density at radius 3 is 2.50 bits per heavy atom. The molecule has 2 rings (SSSR count). The average Bonchev–Trinajstić information content (AvgIpc) is 2.37. The van der Waals surface area contributed by atoms with Gasteiger partial charge >= 0.3 is 5.97 Å². The molecule has 1 aromatic carbocycles. The van der Waals surface area contributed by atoms with Gasteiger partial charge < -0.3 is 14.6 Å². The van der Waals surface area contributed by atoms with E-state index in [2.05, 4.69) is 0 Å². The van der Waals surface area contributed by atoms with Crippen LogP contribution >= 0.6 is 0 Å². The van der Waals surface area contributed by atoms with Crippen LogP contribution in [0.25, 0.3) is 0 Å². The minimum Gasteiger partial charge on any atom is -0.497 e. The molecule has 0 aromatic heterocycles. The van der Waals surface area contributed by atoms with E-state index >= 15 is 0 Å². The monoisotopic (exact) mass is 278 g/mol. The Morgan fingerprint density at radius 2 is 2.00 bits per heavy atom. The van der Waals surface area contributed by atoms with E-state index in [0.29, 0.717) is 13.0 Å². The summed E-state index contributed by atoms with van der Waals surface area (Å²) in [5.74, 6) is 0.0177. The molecule has 1 atom stereocenters. The lowest BCUT2D eigenvalue weighted by Crippen LogP contribution is -2.45. The van der Waals surface area contributed by atoms with Gasteiger partial charge in [-0.05, 0) is 44.4 Å². The molecule has 4 heteroatoms. The molecule has 0 unspecified atom stereocenters. The van der Waals surface area contributed by atoms with Gasteiger partial charge in [-0.1, -0.05) is 12.1 Å². The normalized spacial score (nSPS) is 25.1. The van der Waals surface area contributed by atoms with Crippen molar-refractivity contribution in [3.05, 3.63) is 29.8 Å². The van der Waals surface area contributed by atoms with Gasteiger partial charge in [-0.25, -0.2) is 0 Å². The Balaban J connectivity index is 2.37. The van der Waals surface area contributed by atoms with Gasteiger partial charge in [-0.3, -0.25) is 4.79 Å². The van der Waals surface area contributed by atoms with Crippen LogP contribution in [0.3, 0.4) is 0 Å². The van der Waals surface area contributed by atoms with Crippen LogP contribution in [0.2, 0.25) is 0 Å². The number of aliphatic carboxylic acids is 1. The van der Waals surface area contributed by atoms with Gasteiger partial charge in [0.15, 0.2) is 0 Å². The van der Waals surface area contributed by atoms with Crippen molar-refractivity contribution in [1.29, 1.82) is 0 Å². The highest BCUT2D eigenvalue weighted by molar-refractivity contribution is 5.69. The fourth-order valence-corrected chi connectivity index (χ4v) is 3.21. The molecular weight excluding hydrogens is 256 g/mol. The summed E-state index contributed by atoms with van der Waals surface area (Å²) in [4.78, 5) is 11.3. The Kier molecular flexibility index (Phi) is 4.04. The van der Waals surface area contributed by atoms with E-state index in [-0.39, 0.29) is 17.4 Å². The summed E-state index contributed by atoms with van der Waals surface area (Å²) in [5, 5.41) is 9.30. The van der Waals surface area contributed by atoms with E-state index in [4.69, 9.17) is 9.47 Å². The van der Waals surface area contributed by atoms with E-state index in [9.17, 15) is 9.90 Å². The smallest absolute Gasteiger partial charge is 0.304 e. The Bertz CT molecular complexity index is 478. The van der Waals surface area contributed by atoms with Crippen LogP contribution in [0.5, 0.6) is 5.75 Å². The molecule has 20 heavy (non-hydrogen) atoms. The molecule has 1 aliphatic rings. The van der Waals surface area contributed by atoms with E-state index in [1.54, 1.807) is 7.11 Å². The SMILES string of the molecule is COc1ccc([C@]2(CC(=O)O)CCOC(C)(C)C2)cc1. The lowest BCUT2D eigenvalue weighted by Gasteiger charge is -2.44. The number of rotatable bonds is 4. The quantitative estimate of drug-likeness (QED) is 0.920. The molecule has 1 heterocycles. The third-order valence-corrected chi connectivity index (χ3v) is 4.03. The van der Waals surface area contributed by atoms with E-state index in [0.717, 1.165) is 17.7 Å². The standard InChI is InChI=1S/C16H22O4/c1-15(2)11-16(8-9-20-15,10-14(17)18)12-4-6-13(19-3)7-5-12/h4-7H,8-11H2,1-3H3,(H,17,18)/t16-/m0/s1. The van der Waals surface area contributed by atoms with Gasteiger partial charge in [0.1, 0.15) is 5.75 Å². The number of hydrogen-bond donors (Lipinski definition) is 1. The highest BCUT2D eigenvalue weighted by atomic mass is 16.5. The van der Waals surface area contributed by atoms with Crippen molar-refractivity contribution >= 4 is 5.97 Å². The molecule has 4 nitrogen and oxygen atoms in total. The predicted octanol–water partition coefficient (Wildman–Crippen LogP) is 3.00. The van der Waals surface area contributed by atoms with Crippen molar-refractivity contribution in [1.82, 2.24) is 0 Å². The third-order valence-electron chi connectivity index (χ3n) is 4.03. The second-order valence-corrected chi connectivity index (χ2v) is 6.11. The molecule has 1 fully saturated rings. The zero-order valence-corrected chi connectivity index (χ0v) is 12.3. The number of ether oxygens (including phenoxy) is 2. The fraction of sp³-hybridized carbons (Fsp3) is 0.562. The summed E-state index contributed by atoms with van der Waals surface area (Å²) >= 11 is 0. The molecule has 0 aliphatic carbocycles. The summed E-state index contributed by atoms with van der Waals surface area (Å²) in [5.41, 5.74) is 0.394. The third kappa shape index (κ3) is 3.12. The zero-order chi connectivity index (χ0) is 14.8. The number of benzene rings is 1. The summed E-state index contributed by atoms with van der Waals surface area (Å²) in [6.07, 6.45) is 1.57. The molecule has 1 N–H and O–H groups in total. The van der Waals surface area contributed by atoms with Crippen molar-refractivity contribution in [3.8, 4) is 5.75 Å². The van der Waals surface area contributed by atoms with Gasteiger partial charge in [0.25, 0.3) is 0 Å². The Hall–Kier alpha value is -1.55.